The first-order valence-corrected chi connectivity index (χ1v) is 7.20. The number of piperazine rings is 1. The lowest BCUT2D eigenvalue weighted by Crippen LogP contribution is -2.55. The molecule has 0 spiro atoms. The monoisotopic (exact) mass is 296 g/mol. The van der Waals surface area contributed by atoms with E-state index in [1.54, 1.807) is 4.90 Å². The van der Waals surface area contributed by atoms with E-state index in [0.29, 0.717) is 12.6 Å². The van der Waals surface area contributed by atoms with Gasteiger partial charge in [0.1, 0.15) is 17.3 Å². The maximum atomic E-state index is 14.2. The number of carboxylic acid groups (broad SMARTS) is 1. The van der Waals surface area contributed by atoms with Gasteiger partial charge in [-0.15, -0.1) is 0 Å². The highest BCUT2D eigenvalue weighted by atomic mass is 19.1. The van der Waals surface area contributed by atoms with Gasteiger partial charge in [-0.2, -0.15) is 0 Å². The molecule has 2 saturated heterocycles. The zero-order valence-electron chi connectivity index (χ0n) is 11.9. The van der Waals surface area contributed by atoms with Crippen molar-refractivity contribution in [1.29, 1.82) is 0 Å². The molecule has 2 heterocycles. The van der Waals surface area contributed by atoms with E-state index >= 15 is 0 Å². The molecule has 0 radical (unpaired) electrons. The highest BCUT2D eigenvalue weighted by Gasteiger charge is 2.36. The van der Waals surface area contributed by atoms with Crippen LogP contribution in [0.2, 0.25) is 0 Å². The molecular formula is C15H18F2N2O2. The topological polar surface area (TPSA) is 43.8 Å². The van der Waals surface area contributed by atoms with Crippen molar-refractivity contribution in [1.82, 2.24) is 4.90 Å². The number of aromatic carboxylic acids is 1. The number of carboxylic acids is 1. The fourth-order valence-corrected chi connectivity index (χ4v) is 3.46. The van der Waals surface area contributed by atoms with Crippen LogP contribution in [0.15, 0.2) is 12.1 Å². The molecule has 3 rings (SSSR count). The second kappa shape index (κ2) is 5.26. The van der Waals surface area contributed by atoms with E-state index in [2.05, 4.69) is 4.90 Å². The zero-order valence-corrected chi connectivity index (χ0v) is 11.9. The van der Waals surface area contributed by atoms with E-state index in [4.69, 9.17) is 5.11 Å². The Morgan fingerprint density at radius 1 is 1.29 bits per heavy atom. The van der Waals surface area contributed by atoms with E-state index in [9.17, 15) is 13.6 Å². The minimum atomic E-state index is -1.33. The summed E-state index contributed by atoms with van der Waals surface area (Å²) in [5.74, 6) is -2.93. The van der Waals surface area contributed by atoms with Crippen molar-refractivity contribution < 1.29 is 18.7 Å². The number of carbonyl (C=O) groups is 1. The van der Waals surface area contributed by atoms with Crippen LogP contribution in [0.1, 0.15) is 30.1 Å². The quantitative estimate of drug-likeness (QED) is 0.910. The summed E-state index contributed by atoms with van der Waals surface area (Å²) in [6.45, 7) is 4.36. The third-order valence-corrected chi connectivity index (χ3v) is 4.49. The Kier molecular flexibility index (Phi) is 3.57. The van der Waals surface area contributed by atoms with Crippen LogP contribution >= 0.6 is 0 Å². The number of hydrogen-bond acceptors (Lipinski definition) is 3. The molecule has 114 valence electrons. The Bertz CT molecular complexity index is 556. The van der Waals surface area contributed by atoms with Gasteiger partial charge in [-0.05, 0) is 38.4 Å². The van der Waals surface area contributed by atoms with Crippen LogP contribution < -0.4 is 4.90 Å². The molecule has 2 unspecified atom stereocenters. The zero-order chi connectivity index (χ0) is 15.1. The molecule has 0 amide bonds. The van der Waals surface area contributed by atoms with Gasteiger partial charge in [-0.3, -0.25) is 4.90 Å². The van der Waals surface area contributed by atoms with Gasteiger partial charge in [0.25, 0.3) is 0 Å². The lowest BCUT2D eigenvalue weighted by atomic mass is 10.1. The highest BCUT2D eigenvalue weighted by molar-refractivity contribution is 5.88. The van der Waals surface area contributed by atoms with E-state index in [-0.39, 0.29) is 17.3 Å². The van der Waals surface area contributed by atoms with Crippen LogP contribution in [-0.4, -0.2) is 47.7 Å². The van der Waals surface area contributed by atoms with Gasteiger partial charge in [0.15, 0.2) is 0 Å². The largest absolute Gasteiger partial charge is 0.478 e. The van der Waals surface area contributed by atoms with Crippen molar-refractivity contribution in [2.24, 2.45) is 0 Å². The number of rotatable bonds is 2. The van der Waals surface area contributed by atoms with Crippen molar-refractivity contribution in [2.45, 2.75) is 31.8 Å². The number of nitrogens with zero attached hydrogens (tertiary/aromatic N) is 2. The first-order chi connectivity index (χ1) is 9.97. The minimum Gasteiger partial charge on any atom is -0.478 e. The van der Waals surface area contributed by atoms with Crippen LogP contribution in [0.5, 0.6) is 0 Å². The van der Waals surface area contributed by atoms with Gasteiger partial charge < -0.3 is 10.0 Å². The normalized spacial score (nSPS) is 26.0. The van der Waals surface area contributed by atoms with Crippen LogP contribution in [0.3, 0.4) is 0 Å². The average Bonchev–Trinajstić information content (AvgIpc) is 2.84. The molecular weight excluding hydrogens is 278 g/mol. The molecule has 2 fully saturated rings. The summed E-state index contributed by atoms with van der Waals surface area (Å²) in [6.07, 6.45) is 2.16. The third-order valence-electron chi connectivity index (χ3n) is 4.49. The smallest absolute Gasteiger partial charge is 0.335 e. The summed E-state index contributed by atoms with van der Waals surface area (Å²) < 4.78 is 28.4. The molecule has 2 atom stereocenters. The van der Waals surface area contributed by atoms with Crippen molar-refractivity contribution in [3.05, 3.63) is 29.3 Å². The number of hydrogen-bond donors (Lipinski definition) is 1. The lowest BCUT2D eigenvalue weighted by Gasteiger charge is -2.43. The Balaban J connectivity index is 1.94. The molecule has 0 bridgehead atoms. The molecule has 1 N–H and O–H groups in total. The van der Waals surface area contributed by atoms with Gasteiger partial charge in [0.05, 0.1) is 5.56 Å². The van der Waals surface area contributed by atoms with Crippen LogP contribution in [-0.2, 0) is 0 Å². The van der Waals surface area contributed by atoms with Crippen molar-refractivity contribution in [3.8, 4) is 0 Å². The molecule has 0 aromatic heterocycles. The Morgan fingerprint density at radius 2 is 1.95 bits per heavy atom. The molecule has 1 aromatic carbocycles. The van der Waals surface area contributed by atoms with Crippen molar-refractivity contribution in [3.63, 3.8) is 0 Å². The second-order valence-electron chi connectivity index (χ2n) is 5.89. The molecule has 2 aliphatic rings. The highest BCUT2D eigenvalue weighted by Crippen LogP contribution is 2.32. The lowest BCUT2D eigenvalue weighted by molar-refractivity contribution is 0.0695. The Labute approximate surface area is 122 Å². The second-order valence-corrected chi connectivity index (χ2v) is 5.89. The molecule has 4 nitrogen and oxygen atoms in total. The Hall–Kier alpha value is -1.69. The van der Waals surface area contributed by atoms with Gasteiger partial charge in [-0.25, -0.2) is 13.6 Å². The molecule has 0 saturated carbocycles. The molecule has 0 aliphatic carbocycles. The van der Waals surface area contributed by atoms with E-state index < -0.39 is 17.6 Å². The number of anilines is 1. The van der Waals surface area contributed by atoms with E-state index in [1.165, 1.54) is 0 Å². The summed E-state index contributed by atoms with van der Waals surface area (Å²) >= 11 is 0. The Morgan fingerprint density at radius 3 is 2.57 bits per heavy atom. The summed E-state index contributed by atoms with van der Waals surface area (Å²) in [5, 5.41) is 8.86. The summed E-state index contributed by atoms with van der Waals surface area (Å²) in [5.41, 5.74) is -0.458. The third kappa shape index (κ3) is 2.48. The molecule has 1 aromatic rings. The van der Waals surface area contributed by atoms with Crippen LogP contribution in [0.4, 0.5) is 14.5 Å². The molecule has 21 heavy (non-hydrogen) atoms. The number of benzene rings is 1. The summed E-state index contributed by atoms with van der Waals surface area (Å²) in [6, 6.07) is 2.13. The van der Waals surface area contributed by atoms with Gasteiger partial charge >= 0.3 is 5.97 Å². The maximum Gasteiger partial charge on any atom is 0.335 e. The summed E-state index contributed by atoms with van der Waals surface area (Å²) in [4.78, 5) is 15.0. The van der Waals surface area contributed by atoms with Gasteiger partial charge in [0, 0.05) is 25.2 Å². The maximum absolute atomic E-state index is 14.2. The fourth-order valence-electron chi connectivity index (χ4n) is 3.46. The number of halogens is 2. The SMILES string of the molecule is CC1CN2CCCC2CN1c1c(F)cc(C(=O)O)cc1F. The van der Waals surface area contributed by atoms with Crippen LogP contribution in [0.25, 0.3) is 0 Å². The minimum absolute atomic E-state index is 0.000900. The van der Waals surface area contributed by atoms with E-state index in [1.807, 2.05) is 6.92 Å². The van der Waals surface area contributed by atoms with Crippen molar-refractivity contribution in [2.75, 3.05) is 24.5 Å². The van der Waals surface area contributed by atoms with Gasteiger partial charge in [0.2, 0.25) is 0 Å². The first-order valence-electron chi connectivity index (χ1n) is 7.20. The van der Waals surface area contributed by atoms with E-state index in [0.717, 1.165) is 38.1 Å². The predicted molar refractivity (Wildman–Crippen MR) is 74.7 cm³/mol. The molecule has 2 aliphatic heterocycles. The average molecular weight is 296 g/mol. The predicted octanol–water partition coefficient (Wildman–Crippen LogP) is 2.34. The number of fused-ring (bicyclic) bond motifs is 1. The first kappa shape index (κ1) is 14.3. The fraction of sp³-hybridized carbons (Fsp3) is 0.533. The van der Waals surface area contributed by atoms with Crippen molar-refractivity contribution >= 4 is 11.7 Å². The standard InChI is InChI=1S/C15H18F2N2O2/c1-9-7-18-4-2-3-11(18)8-19(9)14-12(16)5-10(15(20)21)6-13(14)17/h5-6,9,11H,2-4,7-8H2,1H3,(H,20,21). The summed E-state index contributed by atoms with van der Waals surface area (Å²) in [7, 11) is 0. The molecule has 6 heteroatoms. The van der Waals surface area contributed by atoms with Crippen LogP contribution in [0, 0.1) is 11.6 Å². The van der Waals surface area contributed by atoms with Gasteiger partial charge in [-0.1, -0.05) is 0 Å².